The molecule has 2 atom stereocenters. The van der Waals surface area contributed by atoms with Crippen LogP contribution in [0.2, 0.25) is 0 Å². The van der Waals surface area contributed by atoms with Crippen LogP contribution in [0.15, 0.2) is 30.3 Å². The molecule has 96 valence electrons. The molecule has 18 heavy (non-hydrogen) atoms. The average Bonchev–Trinajstić information content (AvgIpc) is 2.42. The topological polar surface area (TPSA) is 55.6 Å². The first-order valence-electron chi connectivity index (χ1n) is 5.81. The quantitative estimate of drug-likeness (QED) is 0.644. The minimum atomic E-state index is -0.386. The minimum Gasteiger partial charge on any atom is -0.488 e. The van der Waals surface area contributed by atoms with Crippen molar-refractivity contribution in [3.05, 3.63) is 35.9 Å². The zero-order chi connectivity index (χ0) is 13.1. The third kappa shape index (κ3) is 2.52. The normalized spacial score (nSPS) is 20.2. The Morgan fingerprint density at radius 2 is 2.22 bits per heavy atom. The Morgan fingerprint density at radius 1 is 1.56 bits per heavy atom. The fraction of sp³-hybridized carbons (Fsp3) is 0.385. The Labute approximate surface area is 112 Å². The van der Waals surface area contributed by atoms with Crippen LogP contribution in [0.1, 0.15) is 5.56 Å². The van der Waals surface area contributed by atoms with Gasteiger partial charge in [-0.2, -0.15) is 0 Å². The molecule has 0 spiro atoms. The van der Waals surface area contributed by atoms with Gasteiger partial charge in [-0.1, -0.05) is 30.3 Å². The van der Waals surface area contributed by atoms with Crippen molar-refractivity contribution >= 4 is 23.2 Å². The van der Waals surface area contributed by atoms with Crippen molar-refractivity contribution in [2.75, 3.05) is 13.7 Å². The summed E-state index contributed by atoms with van der Waals surface area (Å²) in [6.07, 6.45) is 0.659. The summed E-state index contributed by atoms with van der Waals surface area (Å²) in [5, 5.41) is 0.430. The van der Waals surface area contributed by atoms with Crippen molar-refractivity contribution in [3.63, 3.8) is 0 Å². The average molecular weight is 264 g/mol. The lowest BCUT2D eigenvalue weighted by atomic mass is 9.99. The maximum Gasteiger partial charge on any atom is 0.242 e. The fourth-order valence-electron chi connectivity index (χ4n) is 2.06. The first-order chi connectivity index (χ1) is 8.63. The summed E-state index contributed by atoms with van der Waals surface area (Å²) in [6, 6.07) is 9.31. The number of amides is 1. The van der Waals surface area contributed by atoms with Gasteiger partial charge in [0.15, 0.2) is 5.05 Å². The number of methoxy groups -OCH3 is 1. The van der Waals surface area contributed by atoms with Gasteiger partial charge in [0.2, 0.25) is 5.91 Å². The van der Waals surface area contributed by atoms with E-state index in [2.05, 4.69) is 0 Å². The van der Waals surface area contributed by atoms with Crippen molar-refractivity contribution < 1.29 is 9.53 Å². The number of hydrogen-bond donors (Lipinski definition) is 1. The first kappa shape index (κ1) is 13.0. The van der Waals surface area contributed by atoms with Crippen molar-refractivity contribution in [1.82, 2.24) is 4.90 Å². The van der Waals surface area contributed by atoms with Crippen LogP contribution in [-0.4, -0.2) is 41.6 Å². The zero-order valence-corrected chi connectivity index (χ0v) is 11.0. The van der Waals surface area contributed by atoms with E-state index in [4.69, 9.17) is 22.7 Å². The van der Waals surface area contributed by atoms with E-state index < -0.39 is 0 Å². The number of ether oxygens (including phenoxy) is 1. The second-order valence-electron chi connectivity index (χ2n) is 4.33. The molecular formula is C13H16N2O2S. The van der Waals surface area contributed by atoms with Gasteiger partial charge in [0.1, 0.15) is 12.1 Å². The van der Waals surface area contributed by atoms with Crippen LogP contribution >= 0.6 is 12.2 Å². The second kappa shape index (κ2) is 5.46. The summed E-state index contributed by atoms with van der Waals surface area (Å²) in [6.45, 7) is 0.542. The van der Waals surface area contributed by atoms with Gasteiger partial charge in [0.25, 0.3) is 0 Å². The maximum absolute atomic E-state index is 11.7. The van der Waals surface area contributed by atoms with Crippen LogP contribution in [0.5, 0.6) is 0 Å². The lowest BCUT2D eigenvalue weighted by Crippen LogP contribution is -2.66. The molecule has 0 saturated carbocycles. The van der Waals surface area contributed by atoms with Gasteiger partial charge in [0.05, 0.1) is 7.11 Å². The predicted molar refractivity (Wildman–Crippen MR) is 73.2 cm³/mol. The molecule has 4 nitrogen and oxygen atoms in total. The SMILES string of the molecule is COC(=S)C(Cc1ccccc1)N1CC(N)C1=O. The molecule has 0 aliphatic carbocycles. The van der Waals surface area contributed by atoms with E-state index in [9.17, 15) is 4.79 Å². The highest BCUT2D eigenvalue weighted by Gasteiger charge is 2.40. The Balaban J connectivity index is 2.12. The number of thiocarbonyl (C=S) groups is 1. The van der Waals surface area contributed by atoms with Gasteiger partial charge in [-0.15, -0.1) is 0 Å². The summed E-state index contributed by atoms with van der Waals surface area (Å²) in [7, 11) is 1.53. The second-order valence-corrected chi connectivity index (χ2v) is 4.73. The monoisotopic (exact) mass is 264 g/mol. The van der Waals surface area contributed by atoms with Gasteiger partial charge in [0, 0.05) is 13.0 Å². The Morgan fingerprint density at radius 3 is 2.72 bits per heavy atom. The zero-order valence-electron chi connectivity index (χ0n) is 10.2. The van der Waals surface area contributed by atoms with E-state index in [1.165, 1.54) is 7.11 Å². The minimum absolute atomic E-state index is 0.0599. The Kier molecular flexibility index (Phi) is 3.93. The highest BCUT2D eigenvalue weighted by molar-refractivity contribution is 7.80. The van der Waals surface area contributed by atoms with E-state index in [0.29, 0.717) is 18.0 Å². The molecule has 0 radical (unpaired) electrons. The number of carbonyl (C=O) groups excluding carboxylic acids is 1. The molecular weight excluding hydrogens is 248 g/mol. The maximum atomic E-state index is 11.7. The molecule has 1 aliphatic heterocycles. The number of rotatable bonds is 4. The summed E-state index contributed by atoms with van der Waals surface area (Å²) >= 11 is 5.19. The molecule has 2 rings (SSSR count). The Bertz CT molecular complexity index is 450. The van der Waals surface area contributed by atoms with Crippen LogP contribution in [0.4, 0.5) is 0 Å². The third-order valence-corrected chi connectivity index (χ3v) is 3.55. The number of hydrogen-bond acceptors (Lipinski definition) is 4. The van der Waals surface area contributed by atoms with Crippen LogP contribution < -0.4 is 5.73 Å². The summed E-state index contributed by atoms with van der Waals surface area (Å²) in [4.78, 5) is 13.4. The van der Waals surface area contributed by atoms with E-state index in [-0.39, 0.29) is 18.0 Å². The van der Waals surface area contributed by atoms with Crippen LogP contribution in [0.25, 0.3) is 0 Å². The van der Waals surface area contributed by atoms with Crippen molar-refractivity contribution in [2.24, 2.45) is 5.73 Å². The van der Waals surface area contributed by atoms with E-state index in [0.717, 1.165) is 5.56 Å². The van der Waals surface area contributed by atoms with Crippen LogP contribution in [0.3, 0.4) is 0 Å². The summed E-state index contributed by atoms with van der Waals surface area (Å²) in [5.41, 5.74) is 6.73. The molecule has 2 N–H and O–H groups in total. The molecule has 0 aromatic heterocycles. The van der Waals surface area contributed by atoms with Crippen LogP contribution in [-0.2, 0) is 16.0 Å². The molecule has 0 bridgehead atoms. The van der Waals surface area contributed by atoms with Crippen molar-refractivity contribution in [2.45, 2.75) is 18.5 Å². The van der Waals surface area contributed by atoms with E-state index in [1.54, 1.807) is 4.90 Å². The Hall–Kier alpha value is -1.46. The molecule has 1 aliphatic rings. The van der Waals surface area contributed by atoms with Gasteiger partial charge < -0.3 is 15.4 Å². The molecule has 1 amide bonds. The van der Waals surface area contributed by atoms with Crippen molar-refractivity contribution in [3.8, 4) is 0 Å². The van der Waals surface area contributed by atoms with Crippen LogP contribution in [0, 0.1) is 0 Å². The molecule has 1 aromatic carbocycles. The number of likely N-dealkylation sites (tertiary alicyclic amines) is 1. The molecule has 2 unspecified atom stereocenters. The molecule has 5 heteroatoms. The predicted octanol–water partition coefficient (Wildman–Crippen LogP) is 0.741. The van der Waals surface area contributed by atoms with Gasteiger partial charge >= 0.3 is 0 Å². The number of carbonyl (C=O) groups is 1. The van der Waals surface area contributed by atoms with Gasteiger partial charge in [-0.05, 0) is 17.8 Å². The standard InChI is InChI=1S/C13H16N2O2S/c1-17-13(18)11(15-8-10(14)12(15)16)7-9-5-3-2-4-6-9/h2-6,10-11H,7-8,14H2,1H3. The highest BCUT2D eigenvalue weighted by atomic mass is 32.1. The highest BCUT2D eigenvalue weighted by Crippen LogP contribution is 2.18. The molecule has 1 saturated heterocycles. The number of nitrogens with zero attached hydrogens (tertiary/aromatic N) is 1. The molecule has 1 fully saturated rings. The van der Waals surface area contributed by atoms with Crippen molar-refractivity contribution in [1.29, 1.82) is 0 Å². The van der Waals surface area contributed by atoms with E-state index in [1.807, 2.05) is 30.3 Å². The summed E-state index contributed by atoms with van der Waals surface area (Å²) in [5.74, 6) is -0.0599. The van der Waals surface area contributed by atoms with E-state index >= 15 is 0 Å². The number of benzene rings is 1. The lowest BCUT2D eigenvalue weighted by Gasteiger charge is -2.41. The number of β-lactam (4-membered cyclic amide) rings is 1. The van der Waals surface area contributed by atoms with Gasteiger partial charge in [-0.25, -0.2) is 0 Å². The summed E-state index contributed by atoms with van der Waals surface area (Å²) < 4.78 is 5.12. The lowest BCUT2D eigenvalue weighted by molar-refractivity contribution is -0.144. The largest absolute Gasteiger partial charge is 0.488 e. The fourth-order valence-corrected chi connectivity index (χ4v) is 2.27. The molecule has 1 aromatic rings. The first-order valence-corrected chi connectivity index (χ1v) is 6.22. The van der Waals surface area contributed by atoms with Gasteiger partial charge in [-0.3, -0.25) is 4.79 Å². The third-order valence-electron chi connectivity index (χ3n) is 3.12. The number of nitrogens with two attached hydrogens (primary N) is 1. The smallest absolute Gasteiger partial charge is 0.242 e. The molecule has 1 heterocycles.